The maximum absolute atomic E-state index is 11.8. The minimum Gasteiger partial charge on any atom is -0.481 e. The van der Waals surface area contributed by atoms with Gasteiger partial charge in [-0.1, -0.05) is 20.8 Å². The van der Waals surface area contributed by atoms with E-state index in [-0.39, 0.29) is 12.5 Å². The average Bonchev–Trinajstić information content (AvgIpc) is 3.19. The Balaban J connectivity index is 1.72. The third-order valence-electron chi connectivity index (χ3n) is 5.89. The highest BCUT2D eigenvalue weighted by molar-refractivity contribution is 5.72. The Labute approximate surface area is 189 Å². The van der Waals surface area contributed by atoms with Crippen molar-refractivity contribution in [1.29, 1.82) is 0 Å². The van der Waals surface area contributed by atoms with Gasteiger partial charge in [0.25, 0.3) is 0 Å². The van der Waals surface area contributed by atoms with Gasteiger partial charge in [-0.05, 0) is 44.4 Å². The van der Waals surface area contributed by atoms with Crippen molar-refractivity contribution in [3.8, 4) is 0 Å². The number of esters is 1. The molecule has 0 aromatic carbocycles. The summed E-state index contributed by atoms with van der Waals surface area (Å²) in [5, 5.41) is 12.1. The van der Waals surface area contributed by atoms with E-state index in [1.54, 1.807) is 13.8 Å². The zero-order valence-electron chi connectivity index (χ0n) is 19.6. The summed E-state index contributed by atoms with van der Waals surface area (Å²) in [7, 11) is 0. The van der Waals surface area contributed by atoms with Crippen LogP contribution in [0.5, 0.6) is 0 Å². The van der Waals surface area contributed by atoms with Crippen molar-refractivity contribution in [3.05, 3.63) is 18.2 Å². The Bertz CT molecular complexity index is 755. The van der Waals surface area contributed by atoms with E-state index in [2.05, 4.69) is 21.8 Å². The molecule has 0 aliphatic heterocycles. The van der Waals surface area contributed by atoms with Crippen LogP contribution < -0.4 is 5.32 Å². The summed E-state index contributed by atoms with van der Waals surface area (Å²) >= 11 is 0. The number of amides is 1. The quantitative estimate of drug-likeness (QED) is 0.297. The van der Waals surface area contributed by atoms with E-state index < -0.39 is 30.2 Å². The van der Waals surface area contributed by atoms with Gasteiger partial charge in [0.15, 0.2) is 0 Å². The maximum Gasteiger partial charge on any atom is 0.410 e. The lowest BCUT2D eigenvalue weighted by Crippen LogP contribution is -2.32. The van der Waals surface area contributed by atoms with Crippen LogP contribution in [0.4, 0.5) is 4.79 Å². The molecule has 1 aromatic heterocycles. The number of ether oxygens (including phenoxy) is 2. The molecule has 2 rings (SSSR count). The minimum atomic E-state index is -0.987. The highest BCUT2D eigenvalue weighted by Crippen LogP contribution is 2.31. The van der Waals surface area contributed by atoms with E-state index in [4.69, 9.17) is 9.47 Å². The molecule has 1 aliphatic carbocycles. The molecule has 0 bridgehead atoms. The average molecular weight is 452 g/mol. The first-order valence-corrected chi connectivity index (χ1v) is 11.6. The SMILES string of the molecule is CC(C)C(=O)O[C@H](C)OC(=O)NCCC[C@@H](Cc1cn([C@H]2CC[C@H](C)CC2)cn1)C(=O)O. The first-order chi connectivity index (χ1) is 15.2. The summed E-state index contributed by atoms with van der Waals surface area (Å²) in [6.45, 7) is 7.39. The van der Waals surface area contributed by atoms with Crippen molar-refractivity contribution in [2.24, 2.45) is 17.8 Å². The van der Waals surface area contributed by atoms with Gasteiger partial charge < -0.3 is 24.5 Å². The van der Waals surface area contributed by atoms with Crippen molar-refractivity contribution in [2.45, 2.75) is 85.0 Å². The van der Waals surface area contributed by atoms with Crippen LogP contribution in [-0.4, -0.2) is 45.5 Å². The number of carbonyl (C=O) groups is 3. The van der Waals surface area contributed by atoms with Crippen molar-refractivity contribution in [3.63, 3.8) is 0 Å². The minimum absolute atomic E-state index is 0.266. The Kier molecular flexibility index (Phi) is 9.99. The topological polar surface area (TPSA) is 120 Å². The van der Waals surface area contributed by atoms with E-state index in [1.165, 1.54) is 19.8 Å². The summed E-state index contributed by atoms with van der Waals surface area (Å²) < 4.78 is 12.1. The molecular weight excluding hydrogens is 414 g/mol. The summed E-state index contributed by atoms with van der Waals surface area (Å²) in [5.41, 5.74) is 0.782. The van der Waals surface area contributed by atoms with Gasteiger partial charge in [-0.2, -0.15) is 0 Å². The molecule has 1 heterocycles. The number of alkyl carbamates (subject to hydrolysis) is 1. The summed E-state index contributed by atoms with van der Waals surface area (Å²) in [6, 6.07) is 0.452. The third kappa shape index (κ3) is 8.51. The molecule has 0 spiro atoms. The number of hydrogen-bond donors (Lipinski definition) is 2. The molecule has 9 heteroatoms. The molecule has 0 saturated heterocycles. The lowest BCUT2D eigenvalue weighted by Gasteiger charge is -2.26. The van der Waals surface area contributed by atoms with E-state index in [9.17, 15) is 19.5 Å². The largest absolute Gasteiger partial charge is 0.481 e. The van der Waals surface area contributed by atoms with E-state index in [0.29, 0.717) is 25.3 Å². The van der Waals surface area contributed by atoms with Crippen LogP contribution in [0.25, 0.3) is 0 Å². The Morgan fingerprint density at radius 2 is 1.88 bits per heavy atom. The number of aliphatic carboxylic acids is 1. The molecular formula is C23H37N3O6. The Hall–Kier alpha value is -2.58. The van der Waals surface area contributed by atoms with Crippen LogP contribution in [0.15, 0.2) is 12.5 Å². The molecule has 0 unspecified atom stereocenters. The van der Waals surface area contributed by atoms with Crippen LogP contribution in [0, 0.1) is 17.8 Å². The van der Waals surface area contributed by atoms with Crippen molar-refractivity contribution in [2.75, 3.05) is 6.54 Å². The number of rotatable bonds is 11. The van der Waals surface area contributed by atoms with Crippen LogP contribution >= 0.6 is 0 Å². The van der Waals surface area contributed by atoms with Gasteiger partial charge in [-0.15, -0.1) is 0 Å². The van der Waals surface area contributed by atoms with Crippen molar-refractivity contribution < 1.29 is 29.0 Å². The predicted molar refractivity (Wildman–Crippen MR) is 118 cm³/mol. The molecule has 1 aliphatic rings. The monoisotopic (exact) mass is 451 g/mol. The van der Waals surface area contributed by atoms with Gasteiger partial charge >= 0.3 is 18.0 Å². The van der Waals surface area contributed by atoms with Crippen molar-refractivity contribution in [1.82, 2.24) is 14.9 Å². The second kappa shape index (κ2) is 12.5. The number of carbonyl (C=O) groups excluding carboxylic acids is 2. The zero-order chi connectivity index (χ0) is 23.7. The summed E-state index contributed by atoms with van der Waals surface area (Å²) in [4.78, 5) is 39.4. The number of carboxylic acids is 1. The fraction of sp³-hybridized carbons (Fsp3) is 0.739. The molecule has 32 heavy (non-hydrogen) atoms. The zero-order valence-corrected chi connectivity index (χ0v) is 19.6. The number of nitrogens with zero attached hydrogens (tertiary/aromatic N) is 2. The first kappa shape index (κ1) is 25.7. The molecule has 9 nitrogen and oxygen atoms in total. The number of aromatic nitrogens is 2. The molecule has 1 aromatic rings. The molecule has 2 N–H and O–H groups in total. The van der Waals surface area contributed by atoms with Gasteiger partial charge in [0.2, 0.25) is 6.29 Å². The fourth-order valence-electron chi connectivity index (χ4n) is 3.85. The Morgan fingerprint density at radius 3 is 2.50 bits per heavy atom. The predicted octanol–water partition coefficient (Wildman–Crippen LogP) is 3.93. The normalized spacial score (nSPS) is 20.4. The second-order valence-electron chi connectivity index (χ2n) is 9.10. The number of imidazole rings is 1. The van der Waals surface area contributed by atoms with Gasteiger partial charge in [-0.3, -0.25) is 9.59 Å². The second-order valence-corrected chi connectivity index (χ2v) is 9.10. The van der Waals surface area contributed by atoms with Gasteiger partial charge in [-0.25, -0.2) is 9.78 Å². The Morgan fingerprint density at radius 1 is 1.19 bits per heavy atom. The molecule has 180 valence electrons. The van der Waals surface area contributed by atoms with Gasteiger partial charge in [0.1, 0.15) is 0 Å². The first-order valence-electron chi connectivity index (χ1n) is 11.6. The van der Waals surface area contributed by atoms with Crippen molar-refractivity contribution >= 4 is 18.0 Å². The smallest absolute Gasteiger partial charge is 0.410 e. The highest BCUT2D eigenvalue weighted by atomic mass is 16.7. The molecule has 2 atom stereocenters. The summed E-state index contributed by atoms with van der Waals surface area (Å²) in [6.07, 6.45) is 8.04. The number of hydrogen-bond acceptors (Lipinski definition) is 6. The van der Waals surface area contributed by atoms with E-state index >= 15 is 0 Å². The van der Waals surface area contributed by atoms with E-state index in [1.807, 2.05) is 12.5 Å². The highest BCUT2D eigenvalue weighted by Gasteiger charge is 2.23. The number of nitrogens with one attached hydrogen (secondary N) is 1. The molecule has 1 fully saturated rings. The fourth-order valence-corrected chi connectivity index (χ4v) is 3.85. The van der Waals surface area contributed by atoms with Crippen LogP contribution in [0.3, 0.4) is 0 Å². The molecule has 1 saturated carbocycles. The van der Waals surface area contributed by atoms with Gasteiger partial charge in [0.05, 0.1) is 23.9 Å². The molecule has 1 amide bonds. The lowest BCUT2D eigenvalue weighted by molar-refractivity contribution is -0.168. The van der Waals surface area contributed by atoms with Crippen LogP contribution in [-0.2, 0) is 25.5 Å². The standard InChI is InChI=1S/C23H37N3O6/c1-15(2)22(29)31-17(4)32-23(30)24-11-5-6-18(21(27)28)12-19-13-26(14-25-19)20-9-7-16(3)8-10-20/h13-18,20H,5-12H2,1-4H3,(H,24,30)(H,27,28)/t16-,17-,18-,20-/m0/s1. The van der Waals surface area contributed by atoms with Gasteiger partial charge in [0, 0.05) is 32.1 Å². The van der Waals surface area contributed by atoms with Crippen LogP contribution in [0.2, 0.25) is 0 Å². The number of carboxylic acid groups (broad SMARTS) is 1. The summed E-state index contributed by atoms with van der Waals surface area (Å²) in [5.74, 6) is -1.43. The van der Waals surface area contributed by atoms with Crippen LogP contribution in [0.1, 0.15) is 78.0 Å². The molecule has 0 radical (unpaired) electrons. The van der Waals surface area contributed by atoms with E-state index in [0.717, 1.165) is 24.5 Å². The third-order valence-corrected chi connectivity index (χ3v) is 5.89. The maximum atomic E-state index is 11.8. The lowest BCUT2D eigenvalue weighted by atomic mass is 9.87.